The van der Waals surface area contributed by atoms with Gasteiger partial charge in [0.2, 0.25) is 0 Å². The van der Waals surface area contributed by atoms with Gasteiger partial charge in [0.15, 0.2) is 0 Å². The van der Waals surface area contributed by atoms with Crippen molar-refractivity contribution in [2.45, 2.75) is 32.6 Å². The molecule has 0 bridgehead atoms. The van der Waals surface area contributed by atoms with Crippen molar-refractivity contribution < 1.29 is 10.2 Å². The van der Waals surface area contributed by atoms with Crippen LogP contribution in [0.2, 0.25) is 0 Å². The van der Waals surface area contributed by atoms with Gasteiger partial charge in [-0.3, -0.25) is 0 Å². The van der Waals surface area contributed by atoms with Gasteiger partial charge in [0.05, 0.1) is 13.2 Å². The highest BCUT2D eigenvalue weighted by atomic mass is 16.3. The summed E-state index contributed by atoms with van der Waals surface area (Å²) in [5.41, 5.74) is 5.07. The molecule has 112 valence electrons. The number of rotatable bonds is 5. The third kappa shape index (κ3) is 3.34. The van der Waals surface area contributed by atoms with E-state index in [0.717, 1.165) is 11.1 Å². The molecule has 2 heteroatoms. The summed E-state index contributed by atoms with van der Waals surface area (Å²) >= 11 is 0. The molecule has 0 saturated carbocycles. The molecule has 0 aliphatic heterocycles. The monoisotopic (exact) mass is 284 g/mol. The molecule has 0 aliphatic carbocycles. The molecule has 0 aliphatic rings. The molecule has 2 aromatic carbocycles. The molecule has 2 aromatic rings. The number of aliphatic hydroxyl groups excluding tert-OH is 2. The minimum Gasteiger partial charge on any atom is -0.395 e. The van der Waals surface area contributed by atoms with E-state index in [0.29, 0.717) is 6.42 Å². The second-order valence-corrected chi connectivity index (χ2v) is 6.07. The van der Waals surface area contributed by atoms with Gasteiger partial charge in [0.1, 0.15) is 0 Å². The van der Waals surface area contributed by atoms with Crippen LogP contribution in [0.5, 0.6) is 0 Å². The summed E-state index contributed by atoms with van der Waals surface area (Å²) < 4.78 is 0. The fourth-order valence-electron chi connectivity index (χ4n) is 2.78. The summed E-state index contributed by atoms with van der Waals surface area (Å²) in [7, 11) is 0. The minimum atomic E-state index is -0.634. The van der Waals surface area contributed by atoms with E-state index in [-0.39, 0.29) is 13.2 Å². The van der Waals surface area contributed by atoms with E-state index in [1.165, 1.54) is 16.7 Å². The largest absolute Gasteiger partial charge is 0.395 e. The fourth-order valence-corrected chi connectivity index (χ4v) is 2.78. The highest BCUT2D eigenvalue weighted by Gasteiger charge is 2.32. The first-order valence-corrected chi connectivity index (χ1v) is 7.36. The van der Waals surface area contributed by atoms with Crippen molar-refractivity contribution in [1.29, 1.82) is 0 Å². The first-order valence-electron chi connectivity index (χ1n) is 7.36. The van der Waals surface area contributed by atoms with E-state index in [4.69, 9.17) is 0 Å². The summed E-state index contributed by atoms with van der Waals surface area (Å²) in [5, 5.41) is 20.0. The highest BCUT2D eigenvalue weighted by Crippen LogP contribution is 2.30. The molecule has 0 amide bonds. The molecule has 2 rings (SSSR count). The molecule has 0 radical (unpaired) electrons. The molecule has 0 saturated heterocycles. The van der Waals surface area contributed by atoms with Crippen LogP contribution >= 0.6 is 0 Å². The van der Waals surface area contributed by atoms with Crippen molar-refractivity contribution in [3.8, 4) is 0 Å². The van der Waals surface area contributed by atoms with E-state index in [2.05, 4.69) is 38.1 Å². The van der Waals surface area contributed by atoms with Crippen molar-refractivity contribution in [2.75, 3.05) is 13.2 Å². The van der Waals surface area contributed by atoms with E-state index in [9.17, 15) is 10.2 Å². The Morgan fingerprint density at radius 2 is 1.52 bits per heavy atom. The van der Waals surface area contributed by atoms with Crippen LogP contribution in [-0.4, -0.2) is 23.4 Å². The van der Waals surface area contributed by atoms with Crippen molar-refractivity contribution in [3.63, 3.8) is 0 Å². The second kappa shape index (κ2) is 6.42. The van der Waals surface area contributed by atoms with Crippen LogP contribution in [0.25, 0.3) is 0 Å². The lowest BCUT2D eigenvalue weighted by atomic mass is 9.75. The normalized spacial score (nSPS) is 11.7. The average Bonchev–Trinajstić information content (AvgIpc) is 2.48. The minimum absolute atomic E-state index is 0.0691. The topological polar surface area (TPSA) is 40.5 Å². The molecule has 21 heavy (non-hydrogen) atoms. The first-order chi connectivity index (χ1) is 10.0. The van der Waals surface area contributed by atoms with Gasteiger partial charge in [-0.05, 0) is 43.9 Å². The molecule has 0 aromatic heterocycles. The lowest BCUT2D eigenvalue weighted by molar-refractivity contribution is 0.116. The van der Waals surface area contributed by atoms with E-state index in [1.807, 2.05) is 25.1 Å². The highest BCUT2D eigenvalue weighted by molar-refractivity contribution is 5.37. The third-order valence-corrected chi connectivity index (χ3v) is 4.27. The smallest absolute Gasteiger partial charge is 0.0553 e. The van der Waals surface area contributed by atoms with E-state index < -0.39 is 5.41 Å². The fraction of sp³-hybridized carbons (Fsp3) is 0.368. The van der Waals surface area contributed by atoms with Crippen molar-refractivity contribution in [3.05, 3.63) is 70.3 Å². The zero-order chi connectivity index (χ0) is 15.5. The van der Waals surface area contributed by atoms with Crippen LogP contribution < -0.4 is 0 Å². The Labute approximate surface area is 127 Å². The Morgan fingerprint density at radius 1 is 0.857 bits per heavy atom. The summed E-state index contributed by atoms with van der Waals surface area (Å²) in [6, 6.07) is 14.4. The van der Waals surface area contributed by atoms with E-state index in [1.54, 1.807) is 0 Å². The zero-order valence-corrected chi connectivity index (χ0v) is 13.1. The molecular formula is C19H24O2. The summed E-state index contributed by atoms with van der Waals surface area (Å²) in [5.74, 6) is 0. The standard InChI is InChI=1S/C19H24O2/c1-14-5-4-6-18(10-14)19(12-20,13-21)11-17-9-15(2)7-8-16(17)3/h4-10,20-21H,11-13H2,1-3H3. The third-order valence-electron chi connectivity index (χ3n) is 4.27. The van der Waals surface area contributed by atoms with Gasteiger partial charge in [-0.1, -0.05) is 53.6 Å². The van der Waals surface area contributed by atoms with Crippen molar-refractivity contribution >= 4 is 0 Å². The number of hydrogen-bond acceptors (Lipinski definition) is 2. The molecule has 2 N–H and O–H groups in total. The molecule has 0 atom stereocenters. The van der Waals surface area contributed by atoms with Gasteiger partial charge in [0, 0.05) is 5.41 Å². The number of benzene rings is 2. The SMILES string of the molecule is Cc1cccc(C(CO)(CO)Cc2cc(C)ccc2C)c1. The van der Waals surface area contributed by atoms with Gasteiger partial charge in [-0.15, -0.1) is 0 Å². The maximum atomic E-state index is 9.98. The average molecular weight is 284 g/mol. The Hall–Kier alpha value is -1.64. The van der Waals surface area contributed by atoms with Crippen LogP contribution in [0.15, 0.2) is 42.5 Å². The van der Waals surface area contributed by atoms with Gasteiger partial charge in [0.25, 0.3) is 0 Å². The lowest BCUT2D eigenvalue weighted by Crippen LogP contribution is -2.37. The lowest BCUT2D eigenvalue weighted by Gasteiger charge is -2.31. The van der Waals surface area contributed by atoms with Crippen molar-refractivity contribution in [1.82, 2.24) is 0 Å². The van der Waals surface area contributed by atoms with E-state index >= 15 is 0 Å². The number of hydrogen-bond donors (Lipinski definition) is 2. The van der Waals surface area contributed by atoms with Crippen LogP contribution in [0, 0.1) is 20.8 Å². The maximum Gasteiger partial charge on any atom is 0.0553 e. The predicted molar refractivity (Wildman–Crippen MR) is 86.6 cm³/mol. The maximum absolute atomic E-state index is 9.98. The Bertz CT molecular complexity index is 613. The van der Waals surface area contributed by atoms with Crippen LogP contribution in [-0.2, 0) is 11.8 Å². The number of aliphatic hydroxyl groups is 2. The molecule has 0 spiro atoms. The Balaban J connectivity index is 2.45. The summed E-state index contributed by atoms with van der Waals surface area (Å²) in [4.78, 5) is 0. The van der Waals surface area contributed by atoms with Gasteiger partial charge < -0.3 is 10.2 Å². The molecule has 0 unspecified atom stereocenters. The first kappa shape index (κ1) is 15.7. The second-order valence-electron chi connectivity index (χ2n) is 6.07. The molecular weight excluding hydrogens is 260 g/mol. The Kier molecular flexibility index (Phi) is 4.81. The molecule has 2 nitrogen and oxygen atoms in total. The van der Waals surface area contributed by atoms with Crippen molar-refractivity contribution in [2.24, 2.45) is 0 Å². The quantitative estimate of drug-likeness (QED) is 0.886. The van der Waals surface area contributed by atoms with Gasteiger partial charge in [-0.2, -0.15) is 0 Å². The molecule has 0 fully saturated rings. The Morgan fingerprint density at radius 3 is 2.14 bits per heavy atom. The summed E-state index contributed by atoms with van der Waals surface area (Å²) in [6.45, 7) is 6.03. The van der Waals surface area contributed by atoms with Gasteiger partial charge in [-0.25, -0.2) is 0 Å². The zero-order valence-electron chi connectivity index (χ0n) is 13.1. The summed E-state index contributed by atoms with van der Waals surface area (Å²) in [6.07, 6.45) is 0.636. The van der Waals surface area contributed by atoms with Crippen LogP contribution in [0.1, 0.15) is 27.8 Å². The number of aryl methyl sites for hydroxylation is 3. The van der Waals surface area contributed by atoms with Gasteiger partial charge >= 0.3 is 0 Å². The van der Waals surface area contributed by atoms with Crippen LogP contribution in [0.4, 0.5) is 0 Å². The van der Waals surface area contributed by atoms with Crippen LogP contribution in [0.3, 0.4) is 0 Å². The molecule has 0 heterocycles. The predicted octanol–water partition coefficient (Wildman–Crippen LogP) is 3.08.